The average Bonchev–Trinajstić information content (AvgIpc) is 3.18. The van der Waals surface area contributed by atoms with Crippen molar-refractivity contribution in [3.8, 4) is 0 Å². The molecule has 0 aromatic heterocycles. The minimum atomic E-state index is -0.503. The van der Waals surface area contributed by atoms with Gasteiger partial charge in [0.25, 0.3) is 0 Å². The van der Waals surface area contributed by atoms with Gasteiger partial charge in [0.1, 0.15) is 0 Å². The van der Waals surface area contributed by atoms with Crippen molar-refractivity contribution in [3.63, 3.8) is 0 Å². The van der Waals surface area contributed by atoms with Crippen molar-refractivity contribution in [1.29, 1.82) is 0 Å². The molecule has 2 fully saturated rings. The lowest BCUT2D eigenvalue weighted by Crippen LogP contribution is -2.47. The van der Waals surface area contributed by atoms with E-state index >= 15 is 0 Å². The second-order valence-electron chi connectivity index (χ2n) is 5.83. The first-order valence-electron chi connectivity index (χ1n) is 7.21. The lowest BCUT2D eigenvalue weighted by atomic mass is 9.82. The highest BCUT2D eigenvalue weighted by molar-refractivity contribution is 7.80. The van der Waals surface area contributed by atoms with E-state index in [-0.39, 0.29) is 5.91 Å². The van der Waals surface area contributed by atoms with E-state index in [1.807, 2.05) is 0 Å². The number of amides is 1. The van der Waals surface area contributed by atoms with Crippen LogP contribution in [0.3, 0.4) is 0 Å². The van der Waals surface area contributed by atoms with Crippen molar-refractivity contribution in [1.82, 2.24) is 5.32 Å². The summed E-state index contributed by atoms with van der Waals surface area (Å²) in [6.07, 6.45) is 9.11. The summed E-state index contributed by atoms with van der Waals surface area (Å²) in [5.74, 6) is 0.724. The summed E-state index contributed by atoms with van der Waals surface area (Å²) in [5.41, 5.74) is 5.20. The molecule has 0 aromatic carbocycles. The van der Waals surface area contributed by atoms with Gasteiger partial charge in [-0.2, -0.15) is 0 Å². The summed E-state index contributed by atoms with van der Waals surface area (Å²) in [6, 6.07) is 0.310. The van der Waals surface area contributed by atoms with Gasteiger partial charge in [-0.25, -0.2) is 0 Å². The predicted octanol–water partition coefficient (Wildman–Crippen LogP) is 2.53. The van der Waals surface area contributed by atoms with Gasteiger partial charge >= 0.3 is 0 Å². The summed E-state index contributed by atoms with van der Waals surface area (Å²) in [4.78, 5) is 12.7. The Kier molecular flexibility index (Phi) is 4.25. The average molecular weight is 268 g/mol. The molecule has 2 aliphatic carbocycles. The molecule has 3 nitrogen and oxygen atoms in total. The SMILES string of the molecule is CCC(NC(=O)C1(C(N)=S)CC1)C1CCCCC1. The second kappa shape index (κ2) is 5.55. The first-order valence-corrected chi connectivity index (χ1v) is 7.62. The molecule has 0 heterocycles. The van der Waals surface area contributed by atoms with Crippen LogP contribution >= 0.6 is 12.2 Å². The van der Waals surface area contributed by atoms with Crippen molar-refractivity contribution in [2.75, 3.05) is 0 Å². The minimum absolute atomic E-state index is 0.0763. The fourth-order valence-electron chi connectivity index (χ4n) is 3.11. The summed E-state index contributed by atoms with van der Waals surface area (Å²) in [6.45, 7) is 2.15. The summed E-state index contributed by atoms with van der Waals surface area (Å²) in [7, 11) is 0. The number of hydrogen-bond acceptors (Lipinski definition) is 2. The maximum Gasteiger partial charge on any atom is 0.233 e. The Labute approximate surface area is 115 Å². The van der Waals surface area contributed by atoms with Gasteiger partial charge in [-0.05, 0) is 38.0 Å². The zero-order valence-electron chi connectivity index (χ0n) is 11.2. The Morgan fingerprint density at radius 3 is 2.44 bits per heavy atom. The second-order valence-corrected chi connectivity index (χ2v) is 6.27. The van der Waals surface area contributed by atoms with Gasteiger partial charge in [0.15, 0.2) is 0 Å². The van der Waals surface area contributed by atoms with Gasteiger partial charge in [-0.15, -0.1) is 0 Å². The number of nitrogens with one attached hydrogen (secondary N) is 1. The fourth-order valence-corrected chi connectivity index (χ4v) is 3.40. The Bertz CT molecular complexity index is 333. The zero-order valence-corrected chi connectivity index (χ0v) is 12.0. The van der Waals surface area contributed by atoms with Gasteiger partial charge in [0.2, 0.25) is 5.91 Å². The third-order valence-electron chi connectivity index (χ3n) is 4.63. The Morgan fingerprint density at radius 2 is 2.00 bits per heavy atom. The van der Waals surface area contributed by atoms with Crippen LogP contribution in [0.2, 0.25) is 0 Å². The van der Waals surface area contributed by atoms with Crippen LogP contribution in [0.25, 0.3) is 0 Å². The molecule has 2 aliphatic rings. The van der Waals surface area contributed by atoms with E-state index in [1.54, 1.807) is 0 Å². The summed E-state index contributed by atoms with van der Waals surface area (Å²) in [5, 5.41) is 3.21. The fraction of sp³-hybridized carbons (Fsp3) is 0.857. The molecule has 2 rings (SSSR count). The maximum atomic E-state index is 12.3. The minimum Gasteiger partial charge on any atom is -0.392 e. The van der Waals surface area contributed by atoms with Crippen molar-refractivity contribution < 1.29 is 4.79 Å². The van der Waals surface area contributed by atoms with Crippen molar-refractivity contribution >= 4 is 23.1 Å². The quantitative estimate of drug-likeness (QED) is 0.753. The number of carbonyl (C=O) groups is 1. The highest BCUT2D eigenvalue weighted by Gasteiger charge is 2.53. The number of nitrogens with two attached hydrogens (primary N) is 1. The van der Waals surface area contributed by atoms with Crippen LogP contribution in [-0.4, -0.2) is 16.9 Å². The molecular weight excluding hydrogens is 244 g/mol. The van der Waals surface area contributed by atoms with Crippen LogP contribution in [0.1, 0.15) is 58.3 Å². The highest BCUT2D eigenvalue weighted by Crippen LogP contribution is 2.46. The first kappa shape index (κ1) is 13.8. The molecule has 1 atom stereocenters. The predicted molar refractivity (Wildman–Crippen MR) is 77.2 cm³/mol. The van der Waals surface area contributed by atoms with E-state index in [4.69, 9.17) is 18.0 Å². The molecule has 0 spiro atoms. The molecule has 0 radical (unpaired) electrons. The van der Waals surface area contributed by atoms with Crippen LogP contribution in [-0.2, 0) is 4.79 Å². The lowest BCUT2D eigenvalue weighted by molar-refractivity contribution is -0.125. The van der Waals surface area contributed by atoms with Crippen LogP contribution in [0, 0.1) is 11.3 Å². The molecule has 102 valence electrons. The molecule has 0 aliphatic heterocycles. The van der Waals surface area contributed by atoms with E-state index in [2.05, 4.69) is 12.2 Å². The molecule has 2 saturated carbocycles. The van der Waals surface area contributed by atoms with E-state index in [9.17, 15) is 4.79 Å². The zero-order chi connectivity index (χ0) is 13.2. The lowest BCUT2D eigenvalue weighted by Gasteiger charge is -2.31. The Morgan fingerprint density at radius 1 is 1.39 bits per heavy atom. The maximum absolute atomic E-state index is 12.3. The summed E-state index contributed by atoms with van der Waals surface area (Å²) < 4.78 is 0. The number of thiocarbonyl (C=S) groups is 1. The third-order valence-corrected chi connectivity index (χ3v) is 5.02. The summed E-state index contributed by atoms with van der Waals surface area (Å²) >= 11 is 5.03. The molecule has 4 heteroatoms. The van der Waals surface area contributed by atoms with Gasteiger partial charge in [0.05, 0.1) is 10.4 Å². The molecular formula is C14H24N2OS. The monoisotopic (exact) mass is 268 g/mol. The molecule has 1 unspecified atom stereocenters. The van der Waals surface area contributed by atoms with Crippen LogP contribution < -0.4 is 11.1 Å². The van der Waals surface area contributed by atoms with E-state index < -0.39 is 5.41 Å². The van der Waals surface area contributed by atoms with Crippen molar-refractivity contribution in [2.45, 2.75) is 64.3 Å². The van der Waals surface area contributed by atoms with E-state index in [1.165, 1.54) is 32.1 Å². The molecule has 3 N–H and O–H groups in total. The third kappa shape index (κ3) is 2.68. The first-order chi connectivity index (χ1) is 8.60. The standard InChI is InChI=1S/C14H24N2OS/c1-2-11(10-6-4-3-5-7-10)16-13(17)14(8-9-14)12(15)18/h10-11H,2-9H2,1H3,(H2,15,18)(H,16,17). The highest BCUT2D eigenvalue weighted by atomic mass is 32.1. The van der Waals surface area contributed by atoms with Gasteiger partial charge < -0.3 is 11.1 Å². The van der Waals surface area contributed by atoms with Crippen LogP contribution in [0.4, 0.5) is 0 Å². The molecule has 0 aromatic rings. The van der Waals surface area contributed by atoms with Crippen molar-refractivity contribution in [3.05, 3.63) is 0 Å². The van der Waals surface area contributed by atoms with Crippen LogP contribution in [0.5, 0.6) is 0 Å². The Hall–Kier alpha value is -0.640. The molecule has 18 heavy (non-hydrogen) atoms. The number of rotatable bonds is 5. The van der Waals surface area contributed by atoms with Crippen molar-refractivity contribution in [2.24, 2.45) is 17.1 Å². The van der Waals surface area contributed by atoms with E-state index in [0.29, 0.717) is 16.9 Å². The van der Waals surface area contributed by atoms with Gasteiger partial charge in [0, 0.05) is 6.04 Å². The normalized spacial score (nSPS) is 24.3. The van der Waals surface area contributed by atoms with E-state index in [0.717, 1.165) is 19.3 Å². The Balaban J connectivity index is 1.93. The molecule has 0 saturated heterocycles. The largest absolute Gasteiger partial charge is 0.392 e. The number of hydrogen-bond donors (Lipinski definition) is 2. The topological polar surface area (TPSA) is 55.1 Å². The van der Waals surface area contributed by atoms with Crippen LogP contribution in [0.15, 0.2) is 0 Å². The van der Waals surface area contributed by atoms with Gasteiger partial charge in [-0.3, -0.25) is 4.79 Å². The van der Waals surface area contributed by atoms with Gasteiger partial charge in [-0.1, -0.05) is 38.4 Å². The smallest absolute Gasteiger partial charge is 0.233 e. The molecule has 0 bridgehead atoms. The number of carbonyl (C=O) groups excluding carboxylic acids is 1. The molecule has 1 amide bonds.